The van der Waals surface area contributed by atoms with E-state index in [9.17, 15) is 4.79 Å². The number of nitrogens with one attached hydrogen (secondary N) is 2. The lowest BCUT2D eigenvalue weighted by Gasteiger charge is -2.10. The van der Waals surface area contributed by atoms with Crippen LogP contribution in [0.4, 0.5) is 0 Å². The van der Waals surface area contributed by atoms with Gasteiger partial charge in [0.15, 0.2) is 0 Å². The number of H-pyrrole nitrogens is 1. The van der Waals surface area contributed by atoms with Gasteiger partial charge in [0.2, 0.25) is 5.88 Å². The molecule has 1 aromatic heterocycles. The summed E-state index contributed by atoms with van der Waals surface area (Å²) in [5, 5.41) is 3.06. The van der Waals surface area contributed by atoms with Crippen LogP contribution in [0.3, 0.4) is 0 Å². The van der Waals surface area contributed by atoms with Gasteiger partial charge in [0.25, 0.3) is 5.56 Å². The summed E-state index contributed by atoms with van der Waals surface area (Å²) in [7, 11) is 1.86. The second-order valence-corrected chi connectivity index (χ2v) is 4.38. The van der Waals surface area contributed by atoms with Gasteiger partial charge in [-0.25, -0.2) is 4.98 Å². The molecule has 0 bridgehead atoms. The smallest absolute Gasteiger partial charge is 0.268 e. The number of hydrogen-bond acceptors (Lipinski definition) is 4. The molecule has 0 aliphatic carbocycles. The highest BCUT2D eigenvalue weighted by molar-refractivity contribution is 9.10. The summed E-state index contributed by atoms with van der Waals surface area (Å²) in [5.41, 5.74) is 0.722. The van der Waals surface area contributed by atoms with Crippen molar-refractivity contribution in [2.45, 2.75) is 6.54 Å². The van der Waals surface area contributed by atoms with Crippen LogP contribution >= 0.6 is 15.9 Å². The molecule has 0 aliphatic rings. The summed E-state index contributed by atoms with van der Waals surface area (Å²) in [6.07, 6.45) is 1.31. The Morgan fingerprint density at radius 1 is 1.44 bits per heavy atom. The van der Waals surface area contributed by atoms with Gasteiger partial charge in [-0.15, -0.1) is 0 Å². The van der Waals surface area contributed by atoms with Crippen molar-refractivity contribution < 1.29 is 4.74 Å². The van der Waals surface area contributed by atoms with Crippen LogP contribution in [0.15, 0.2) is 39.9 Å². The van der Waals surface area contributed by atoms with E-state index < -0.39 is 0 Å². The first-order valence-corrected chi connectivity index (χ1v) is 6.15. The minimum Gasteiger partial charge on any atom is -0.437 e. The molecule has 0 amide bonds. The fourth-order valence-corrected chi connectivity index (χ4v) is 1.78. The molecule has 0 saturated heterocycles. The van der Waals surface area contributed by atoms with E-state index in [2.05, 4.69) is 31.2 Å². The number of aromatic nitrogens is 2. The van der Waals surface area contributed by atoms with E-state index in [4.69, 9.17) is 4.74 Å². The molecular formula is C12H12BrN3O2. The van der Waals surface area contributed by atoms with Crippen molar-refractivity contribution in [1.29, 1.82) is 0 Å². The summed E-state index contributed by atoms with van der Waals surface area (Å²) >= 11 is 3.15. The van der Waals surface area contributed by atoms with Crippen LogP contribution in [0.1, 0.15) is 5.56 Å². The summed E-state index contributed by atoms with van der Waals surface area (Å²) in [6, 6.07) is 7.59. The quantitative estimate of drug-likeness (QED) is 0.907. The summed E-state index contributed by atoms with van der Waals surface area (Å²) in [4.78, 5) is 17.9. The van der Waals surface area contributed by atoms with Gasteiger partial charge in [-0.3, -0.25) is 4.79 Å². The van der Waals surface area contributed by atoms with Gasteiger partial charge in [-0.2, -0.15) is 0 Å². The number of benzene rings is 1. The lowest BCUT2D eigenvalue weighted by molar-refractivity contribution is 0.450. The average Bonchev–Trinajstić information content (AvgIpc) is 2.37. The van der Waals surface area contributed by atoms with Crippen molar-refractivity contribution in [1.82, 2.24) is 15.3 Å². The molecule has 0 atom stereocenters. The zero-order chi connectivity index (χ0) is 13.0. The number of para-hydroxylation sites is 1. The highest BCUT2D eigenvalue weighted by atomic mass is 79.9. The molecule has 0 spiro atoms. The zero-order valence-corrected chi connectivity index (χ0v) is 11.3. The van der Waals surface area contributed by atoms with Crippen LogP contribution in [-0.4, -0.2) is 17.0 Å². The SMILES string of the molecule is CNCc1ccccc1Oc1nc[nH]c(=O)c1Br. The predicted octanol–water partition coefficient (Wildman–Crippen LogP) is 2.04. The van der Waals surface area contributed by atoms with Gasteiger partial charge in [-0.1, -0.05) is 18.2 Å². The fraction of sp³-hybridized carbons (Fsp3) is 0.167. The molecule has 94 valence electrons. The first kappa shape index (κ1) is 12.8. The van der Waals surface area contributed by atoms with E-state index in [1.54, 1.807) is 0 Å². The molecule has 0 radical (unpaired) electrons. The monoisotopic (exact) mass is 309 g/mol. The molecule has 2 aromatic rings. The number of aromatic amines is 1. The van der Waals surface area contributed by atoms with Gasteiger partial charge in [-0.05, 0) is 29.0 Å². The molecule has 0 aliphatic heterocycles. The van der Waals surface area contributed by atoms with Crippen molar-refractivity contribution in [2.24, 2.45) is 0 Å². The van der Waals surface area contributed by atoms with Gasteiger partial charge in [0.05, 0.1) is 6.33 Å². The highest BCUT2D eigenvalue weighted by Gasteiger charge is 2.10. The van der Waals surface area contributed by atoms with Crippen molar-refractivity contribution in [2.75, 3.05) is 7.05 Å². The second-order valence-electron chi connectivity index (χ2n) is 3.59. The highest BCUT2D eigenvalue weighted by Crippen LogP contribution is 2.26. The van der Waals surface area contributed by atoms with Gasteiger partial charge in [0, 0.05) is 12.1 Å². The van der Waals surface area contributed by atoms with Crippen molar-refractivity contribution in [3.63, 3.8) is 0 Å². The lowest BCUT2D eigenvalue weighted by atomic mass is 10.2. The molecule has 1 aromatic carbocycles. The third-order valence-corrected chi connectivity index (χ3v) is 3.01. The number of ether oxygens (including phenoxy) is 1. The van der Waals surface area contributed by atoms with Gasteiger partial charge >= 0.3 is 0 Å². The average molecular weight is 310 g/mol. The van der Waals surface area contributed by atoms with Crippen molar-refractivity contribution >= 4 is 15.9 Å². The number of rotatable bonds is 4. The molecule has 18 heavy (non-hydrogen) atoms. The molecule has 2 N–H and O–H groups in total. The van der Waals surface area contributed by atoms with Crippen LogP contribution in [-0.2, 0) is 6.54 Å². The third kappa shape index (κ3) is 2.77. The Labute approximate surface area is 112 Å². The van der Waals surface area contributed by atoms with Crippen LogP contribution in [0, 0.1) is 0 Å². The van der Waals surface area contributed by atoms with E-state index in [1.807, 2.05) is 31.3 Å². The Balaban J connectivity index is 2.34. The number of halogens is 1. The topological polar surface area (TPSA) is 67.0 Å². The molecule has 0 fully saturated rings. The maximum absolute atomic E-state index is 11.4. The van der Waals surface area contributed by atoms with E-state index >= 15 is 0 Å². The predicted molar refractivity (Wildman–Crippen MR) is 71.8 cm³/mol. The first-order valence-electron chi connectivity index (χ1n) is 5.36. The van der Waals surface area contributed by atoms with E-state index in [-0.39, 0.29) is 15.9 Å². The van der Waals surface area contributed by atoms with E-state index in [1.165, 1.54) is 6.33 Å². The minimum absolute atomic E-state index is 0.252. The van der Waals surface area contributed by atoms with Crippen LogP contribution in [0.5, 0.6) is 11.6 Å². The summed E-state index contributed by atoms with van der Waals surface area (Å²) in [6.45, 7) is 0.678. The molecule has 6 heteroatoms. The fourth-order valence-electron chi connectivity index (χ4n) is 1.48. The van der Waals surface area contributed by atoms with E-state index in [0.29, 0.717) is 12.3 Å². The Bertz CT molecular complexity index is 598. The molecule has 0 unspecified atom stereocenters. The largest absolute Gasteiger partial charge is 0.437 e. The summed E-state index contributed by atoms with van der Waals surface area (Å²) in [5.74, 6) is 0.924. The number of hydrogen-bond donors (Lipinski definition) is 2. The Morgan fingerprint density at radius 2 is 2.22 bits per heavy atom. The van der Waals surface area contributed by atoms with Gasteiger partial charge < -0.3 is 15.0 Å². The minimum atomic E-state index is -0.272. The molecular weight excluding hydrogens is 298 g/mol. The summed E-state index contributed by atoms with van der Waals surface area (Å²) < 4.78 is 5.94. The van der Waals surface area contributed by atoms with E-state index in [0.717, 1.165) is 5.56 Å². The standard InChI is InChI=1S/C12H12BrN3O2/c1-14-6-8-4-2-3-5-9(8)18-12-10(13)11(17)15-7-16-12/h2-5,7,14H,6H2,1H3,(H,15,16,17). The number of nitrogens with zero attached hydrogens (tertiary/aromatic N) is 1. The molecule has 5 nitrogen and oxygen atoms in total. The first-order chi connectivity index (χ1) is 8.72. The second kappa shape index (κ2) is 5.79. The Hall–Kier alpha value is -1.66. The van der Waals surface area contributed by atoms with Crippen LogP contribution in [0.2, 0.25) is 0 Å². The Kier molecular flexibility index (Phi) is 4.11. The molecule has 0 saturated carbocycles. The molecule has 1 heterocycles. The van der Waals surface area contributed by atoms with Crippen molar-refractivity contribution in [3.8, 4) is 11.6 Å². The lowest BCUT2D eigenvalue weighted by Crippen LogP contribution is -2.10. The normalized spacial score (nSPS) is 10.3. The maximum Gasteiger partial charge on any atom is 0.268 e. The molecule has 2 rings (SSSR count). The third-order valence-electron chi connectivity index (χ3n) is 2.31. The van der Waals surface area contributed by atoms with Crippen LogP contribution in [0.25, 0.3) is 0 Å². The zero-order valence-electron chi connectivity index (χ0n) is 9.74. The van der Waals surface area contributed by atoms with Crippen LogP contribution < -0.4 is 15.6 Å². The Morgan fingerprint density at radius 3 is 3.00 bits per heavy atom. The van der Waals surface area contributed by atoms with Gasteiger partial charge in [0.1, 0.15) is 10.2 Å². The maximum atomic E-state index is 11.4. The van der Waals surface area contributed by atoms with Crippen molar-refractivity contribution in [3.05, 3.63) is 51.0 Å².